The molecule has 2 aromatic rings. The number of nitrogens with zero attached hydrogens (tertiary/aromatic N) is 1. The van der Waals surface area contributed by atoms with Crippen molar-refractivity contribution in [1.82, 2.24) is 9.88 Å². The maximum Gasteiger partial charge on any atom is 0.239 e. The van der Waals surface area contributed by atoms with Crippen molar-refractivity contribution in [3.8, 4) is 0 Å². The number of hydrogen-bond donors (Lipinski definition) is 1. The van der Waals surface area contributed by atoms with E-state index in [9.17, 15) is 9.59 Å². The molecule has 2 rings (SSSR count). The molecule has 0 aliphatic rings. The zero-order valence-corrected chi connectivity index (χ0v) is 11.5. The molecule has 0 fully saturated rings. The molecule has 1 heterocycles. The van der Waals surface area contributed by atoms with Crippen molar-refractivity contribution >= 4 is 23.1 Å². The van der Waals surface area contributed by atoms with Gasteiger partial charge in [-0.15, -0.1) is 0 Å². The summed E-state index contributed by atoms with van der Waals surface area (Å²) in [7, 11) is 1.63. The Kier molecular flexibility index (Phi) is 4.90. The van der Waals surface area contributed by atoms with Gasteiger partial charge in [0.1, 0.15) is 6.54 Å². The van der Waals surface area contributed by atoms with Crippen molar-refractivity contribution in [3.63, 3.8) is 0 Å². The van der Waals surface area contributed by atoms with E-state index >= 15 is 0 Å². The second kappa shape index (κ2) is 6.86. The van der Waals surface area contributed by atoms with Gasteiger partial charge in [-0.1, -0.05) is 18.2 Å². The van der Waals surface area contributed by atoms with Crippen LogP contribution in [0.5, 0.6) is 0 Å². The van der Waals surface area contributed by atoms with Gasteiger partial charge in [-0.2, -0.15) is 0 Å². The van der Waals surface area contributed by atoms with Crippen molar-refractivity contribution in [1.29, 1.82) is 0 Å². The first kappa shape index (κ1) is 14.3. The highest BCUT2D eigenvalue weighted by Gasteiger charge is 2.09. The van der Waals surface area contributed by atoms with Crippen LogP contribution in [0.3, 0.4) is 0 Å². The van der Waals surface area contributed by atoms with Gasteiger partial charge in [0.25, 0.3) is 0 Å². The van der Waals surface area contributed by atoms with E-state index in [-0.39, 0.29) is 12.5 Å². The fourth-order valence-corrected chi connectivity index (χ4v) is 2.15. The van der Waals surface area contributed by atoms with E-state index in [0.29, 0.717) is 18.7 Å². The number of aromatic nitrogens is 1. The molecule has 1 aromatic heterocycles. The second-order valence-corrected chi connectivity index (χ2v) is 4.54. The molecule has 5 heteroatoms. The van der Waals surface area contributed by atoms with Crippen molar-refractivity contribution in [2.24, 2.45) is 0 Å². The van der Waals surface area contributed by atoms with Crippen molar-refractivity contribution in [3.05, 3.63) is 36.0 Å². The van der Waals surface area contributed by atoms with Crippen LogP contribution in [0.4, 0.5) is 0 Å². The Morgan fingerprint density at radius 2 is 2.20 bits per heavy atom. The van der Waals surface area contributed by atoms with Gasteiger partial charge in [0.05, 0.1) is 0 Å². The Hall–Kier alpha value is -2.14. The molecular weight excluding hydrogens is 256 g/mol. The van der Waals surface area contributed by atoms with Crippen LogP contribution < -0.4 is 5.32 Å². The van der Waals surface area contributed by atoms with Gasteiger partial charge in [-0.25, -0.2) is 0 Å². The number of amides is 1. The lowest BCUT2D eigenvalue weighted by Crippen LogP contribution is -2.28. The number of carbonyl (C=O) groups excluding carboxylic acids is 2. The third-order valence-corrected chi connectivity index (χ3v) is 3.11. The van der Waals surface area contributed by atoms with Crippen LogP contribution in [0, 0.1) is 0 Å². The summed E-state index contributed by atoms with van der Waals surface area (Å²) < 4.78 is 6.72. The van der Waals surface area contributed by atoms with Crippen LogP contribution in [0.2, 0.25) is 0 Å². The quantitative estimate of drug-likeness (QED) is 0.616. The van der Waals surface area contributed by atoms with Crippen molar-refractivity contribution < 1.29 is 14.3 Å². The largest absolute Gasteiger partial charge is 0.385 e. The topological polar surface area (TPSA) is 60.3 Å². The van der Waals surface area contributed by atoms with E-state index in [2.05, 4.69) is 5.32 Å². The normalized spacial score (nSPS) is 10.7. The number of nitrogens with one attached hydrogen (secondary N) is 1. The predicted octanol–water partition coefficient (Wildman–Crippen LogP) is 1.61. The number of para-hydroxylation sites is 1. The summed E-state index contributed by atoms with van der Waals surface area (Å²) in [5, 5.41) is 3.70. The SMILES string of the molecule is COCCCNC(=O)Cn1cc(C=O)c2ccccc21. The molecule has 5 nitrogen and oxygen atoms in total. The minimum Gasteiger partial charge on any atom is -0.385 e. The first-order valence-electron chi connectivity index (χ1n) is 6.55. The monoisotopic (exact) mass is 274 g/mol. The molecule has 1 N–H and O–H groups in total. The Bertz CT molecular complexity index is 604. The van der Waals surface area contributed by atoms with E-state index in [1.54, 1.807) is 17.9 Å². The van der Waals surface area contributed by atoms with E-state index in [1.807, 2.05) is 24.3 Å². The third kappa shape index (κ3) is 3.24. The molecule has 0 aliphatic carbocycles. The number of aldehydes is 1. The lowest BCUT2D eigenvalue weighted by atomic mass is 10.2. The average Bonchev–Trinajstić information content (AvgIpc) is 2.82. The molecule has 0 atom stereocenters. The van der Waals surface area contributed by atoms with Crippen LogP contribution in [0.15, 0.2) is 30.5 Å². The Balaban J connectivity index is 2.06. The maximum absolute atomic E-state index is 11.9. The van der Waals surface area contributed by atoms with E-state index < -0.39 is 0 Å². The summed E-state index contributed by atoms with van der Waals surface area (Å²) in [5.74, 6) is -0.0701. The van der Waals surface area contributed by atoms with Crippen LogP contribution >= 0.6 is 0 Å². The molecule has 20 heavy (non-hydrogen) atoms. The minimum absolute atomic E-state index is 0.0701. The number of benzene rings is 1. The summed E-state index contributed by atoms with van der Waals surface area (Å²) in [5.41, 5.74) is 1.49. The van der Waals surface area contributed by atoms with E-state index in [1.165, 1.54) is 0 Å². The summed E-state index contributed by atoms with van der Waals surface area (Å²) in [6.45, 7) is 1.43. The smallest absolute Gasteiger partial charge is 0.239 e. The van der Waals surface area contributed by atoms with Crippen LogP contribution in [-0.4, -0.2) is 37.0 Å². The molecular formula is C15H18N2O3. The predicted molar refractivity (Wildman–Crippen MR) is 76.8 cm³/mol. The Morgan fingerprint density at radius 3 is 2.95 bits per heavy atom. The fourth-order valence-electron chi connectivity index (χ4n) is 2.15. The molecule has 106 valence electrons. The molecule has 1 aromatic carbocycles. The summed E-state index contributed by atoms with van der Waals surface area (Å²) >= 11 is 0. The van der Waals surface area contributed by atoms with Crippen LogP contribution in [-0.2, 0) is 16.1 Å². The third-order valence-electron chi connectivity index (χ3n) is 3.11. The highest BCUT2D eigenvalue weighted by Crippen LogP contribution is 2.19. The molecule has 0 radical (unpaired) electrons. The lowest BCUT2D eigenvalue weighted by molar-refractivity contribution is -0.121. The summed E-state index contributed by atoms with van der Waals surface area (Å²) in [4.78, 5) is 22.9. The van der Waals surface area contributed by atoms with Gasteiger partial charge >= 0.3 is 0 Å². The molecule has 0 aliphatic heterocycles. The van der Waals surface area contributed by atoms with Gasteiger partial charge in [-0.3, -0.25) is 9.59 Å². The van der Waals surface area contributed by atoms with Crippen LogP contribution in [0.25, 0.3) is 10.9 Å². The fraction of sp³-hybridized carbons (Fsp3) is 0.333. The zero-order chi connectivity index (χ0) is 14.4. The molecule has 0 saturated heterocycles. The zero-order valence-electron chi connectivity index (χ0n) is 11.5. The van der Waals surface area contributed by atoms with Gasteiger partial charge in [-0.05, 0) is 12.5 Å². The van der Waals surface area contributed by atoms with E-state index in [0.717, 1.165) is 23.6 Å². The molecule has 0 saturated carbocycles. The van der Waals surface area contributed by atoms with Gasteiger partial charge in [0.2, 0.25) is 5.91 Å². The van der Waals surface area contributed by atoms with Crippen molar-refractivity contribution in [2.45, 2.75) is 13.0 Å². The van der Waals surface area contributed by atoms with Gasteiger partial charge < -0.3 is 14.6 Å². The molecule has 1 amide bonds. The van der Waals surface area contributed by atoms with Gasteiger partial charge in [0.15, 0.2) is 6.29 Å². The number of rotatable bonds is 7. The summed E-state index contributed by atoms with van der Waals surface area (Å²) in [6, 6.07) is 7.56. The highest BCUT2D eigenvalue weighted by atomic mass is 16.5. The Labute approximate surface area is 117 Å². The van der Waals surface area contributed by atoms with Crippen molar-refractivity contribution in [2.75, 3.05) is 20.3 Å². The maximum atomic E-state index is 11.9. The van der Waals surface area contributed by atoms with Crippen LogP contribution in [0.1, 0.15) is 16.8 Å². The average molecular weight is 274 g/mol. The standard InChI is InChI=1S/C15H18N2O3/c1-20-8-4-7-16-15(19)10-17-9-12(11-18)13-5-2-3-6-14(13)17/h2-3,5-6,9,11H,4,7-8,10H2,1H3,(H,16,19). The first-order chi connectivity index (χ1) is 9.76. The number of hydrogen-bond acceptors (Lipinski definition) is 3. The minimum atomic E-state index is -0.0701. The summed E-state index contributed by atoms with van der Waals surface area (Å²) in [6.07, 6.45) is 3.32. The number of carbonyl (C=O) groups is 2. The van der Waals surface area contributed by atoms with Gasteiger partial charge in [0, 0.05) is 42.9 Å². The molecule has 0 unspecified atom stereocenters. The first-order valence-corrected chi connectivity index (χ1v) is 6.55. The number of ether oxygens (including phenoxy) is 1. The number of fused-ring (bicyclic) bond motifs is 1. The molecule has 0 spiro atoms. The highest BCUT2D eigenvalue weighted by molar-refractivity contribution is 5.98. The second-order valence-electron chi connectivity index (χ2n) is 4.54. The molecule has 0 bridgehead atoms. The Morgan fingerprint density at radius 1 is 1.40 bits per heavy atom. The van der Waals surface area contributed by atoms with E-state index in [4.69, 9.17) is 4.74 Å². The lowest BCUT2D eigenvalue weighted by Gasteiger charge is -2.07. The number of methoxy groups -OCH3 is 1.